The number of hydrogen-bond donors (Lipinski definition) is 2. The van der Waals surface area contributed by atoms with Crippen LogP contribution in [0.4, 0.5) is 0 Å². The molecule has 0 bridgehead atoms. The maximum atomic E-state index is 10.9. The van der Waals surface area contributed by atoms with Gasteiger partial charge in [0.2, 0.25) is 0 Å². The fourth-order valence-electron chi connectivity index (χ4n) is 3.12. The summed E-state index contributed by atoms with van der Waals surface area (Å²) in [5, 5.41) is 15.1. The van der Waals surface area contributed by atoms with Crippen LogP contribution in [0.25, 0.3) is 0 Å². The molecule has 1 aromatic carbocycles. The van der Waals surface area contributed by atoms with E-state index in [1.165, 1.54) is 0 Å². The van der Waals surface area contributed by atoms with Crippen molar-refractivity contribution in [3.63, 3.8) is 0 Å². The maximum absolute atomic E-state index is 10.9. The van der Waals surface area contributed by atoms with E-state index in [0.717, 1.165) is 50.0 Å². The molecular formula is C17H26ClNO2. The minimum absolute atomic E-state index is 0.548. The van der Waals surface area contributed by atoms with E-state index >= 15 is 0 Å². The Morgan fingerprint density at radius 2 is 2.10 bits per heavy atom. The van der Waals surface area contributed by atoms with Crippen LogP contribution < -0.4 is 10.1 Å². The Kier molecular flexibility index (Phi) is 5.91. The molecule has 1 saturated carbocycles. The van der Waals surface area contributed by atoms with Crippen molar-refractivity contribution in [2.75, 3.05) is 13.7 Å². The van der Waals surface area contributed by atoms with Crippen LogP contribution in [0, 0.1) is 0 Å². The Morgan fingerprint density at radius 3 is 2.71 bits per heavy atom. The third-order valence-electron chi connectivity index (χ3n) is 4.36. The molecule has 118 valence electrons. The van der Waals surface area contributed by atoms with Crippen LogP contribution in [0.2, 0.25) is 5.02 Å². The molecule has 0 spiro atoms. The lowest BCUT2D eigenvalue weighted by atomic mass is 9.78. The minimum Gasteiger partial charge on any atom is -0.496 e. The molecule has 0 aliphatic heterocycles. The molecule has 3 nitrogen and oxygen atoms in total. The lowest BCUT2D eigenvalue weighted by Gasteiger charge is -2.36. The van der Waals surface area contributed by atoms with Gasteiger partial charge in [0.05, 0.1) is 12.7 Å². The Morgan fingerprint density at radius 1 is 1.38 bits per heavy atom. The highest BCUT2D eigenvalue weighted by atomic mass is 35.5. The van der Waals surface area contributed by atoms with Crippen LogP contribution in [0.1, 0.15) is 44.6 Å². The van der Waals surface area contributed by atoms with Gasteiger partial charge in [0.25, 0.3) is 0 Å². The van der Waals surface area contributed by atoms with Gasteiger partial charge >= 0.3 is 0 Å². The second-order valence-electron chi connectivity index (χ2n) is 6.09. The van der Waals surface area contributed by atoms with Crippen molar-refractivity contribution in [3.8, 4) is 5.75 Å². The first-order chi connectivity index (χ1) is 10.1. The topological polar surface area (TPSA) is 41.5 Å². The molecule has 0 radical (unpaired) electrons. The first kappa shape index (κ1) is 16.6. The van der Waals surface area contributed by atoms with Gasteiger partial charge in [0, 0.05) is 17.5 Å². The molecule has 2 N–H and O–H groups in total. The summed E-state index contributed by atoms with van der Waals surface area (Å²) in [4.78, 5) is 0. The van der Waals surface area contributed by atoms with E-state index in [9.17, 15) is 5.11 Å². The van der Waals surface area contributed by atoms with Gasteiger partial charge in [0.15, 0.2) is 0 Å². The normalized spacial score (nSPS) is 25.8. The molecule has 0 unspecified atom stereocenters. The summed E-state index contributed by atoms with van der Waals surface area (Å²) in [6, 6.07) is 6.14. The second kappa shape index (κ2) is 7.48. The molecule has 0 atom stereocenters. The summed E-state index contributed by atoms with van der Waals surface area (Å²) < 4.78 is 5.38. The summed E-state index contributed by atoms with van der Waals surface area (Å²) in [6.45, 7) is 3.24. The van der Waals surface area contributed by atoms with E-state index in [0.29, 0.717) is 17.5 Å². The van der Waals surface area contributed by atoms with E-state index in [4.69, 9.17) is 16.3 Å². The van der Waals surface area contributed by atoms with Crippen LogP contribution in [-0.2, 0) is 6.42 Å². The van der Waals surface area contributed by atoms with Crippen LogP contribution in [0.3, 0.4) is 0 Å². The van der Waals surface area contributed by atoms with E-state index in [1.807, 2.05) is 18.2 Å². The maximum Gasteiger partial charge on any atom is 0.122 e. The molecule has 4 heteroatoms. The van der Waals surface area contributed by atoms with Crippen molar-refractivity contribution in [3.05, 3.63) is 28.8 Å². The molecule has 1 fully saturated rings. The van der Waals surface area contributed by atoms with Crippen LogP contribution in [0.5, 0.6) is 5.75 Å². The Bertz CT molecular complexity index is 456. The van der Waals surface area contributed by atoms with E-state index in [1.54, 1.807) is 7.11 Å². The van der Waals surface area contributed by atoms with Crippen molar-refractivity contribution in [1.29, 1.82) is 0 Å². The number of hydrogen-bond acceptors (Lipinski definition) is 3. The zero-order valence-electron chi connectivity index (χ0n) is 13.0. The summed E-state index contributed by atoms with van der Waals surface area (Å²) in [5.74, 6) is 0.805. The number of halogens is 1. The van der Waals surface area contributed by atoms with E-state index in [2.05, 4.69) is 12.2 Å². The monoisotopic (exact) mass is 311 g/mol. The standard InChI is InChI=1S/C17H26ClNO2/c1-3-10-19-15-6-8-17(20,9-7-15)12-13-11-14(18)4-5-16(13)21-2/h4-5,11,15,19-20H,3,6-10,12H2,1-2H3. The summed E-state index contributed by atoms with van der Waals surface area (Å²) >= 11 is 6.07. The average molecular weight is 312 g/mol. The zero-order valence-corrected chi connectivity index (χ0v) is 13.7. The van der Waals surface area contributed by atoms with Crippen LogP contribution in [-0.4, -0.2) is 30.4 Å². The molecule has 1 aliphatic rings. The Hall–Kier alpha value is -0.770. The summed E-state index contributed by atoms with van der Waals surface area (Å²) in [5.41, 5.74) is 0.356. The Labute approximate surface area is 132 Å². The molecule has 0 aromatic heterocycles. The summed E-state index contributed by atoms with van der Waals surface area (Å²) in [7, 11) is 1.66. The molecule has 2 rings (SSSR count). The highest BCUT2D eigenvalue weighted by Gasteiger charge is 2.33. The summed E-state index contributed by atoms with van der Waals surface area (Å²) in [6.07, 6.45) is 5.46. The van der Waals surface area contributed by atoms with Gasteiger partial charge in [-0.25, -0.2) is 0 Å². The van der Waals surface area contributed by atoms with E-state index < -0.39 is 5.60 Å². The SMILES string of the molecule is CCCNC1CCC(O)(Cc2cc(Cl)ccc2OC)CC1. The predicted octanol–water partition coefficient (Wildman–Crippen LogP) is 3.56. The van der Waals surface area contributed by atoms with Crippen molar-refractivity contribution in [2.45, 2.75) is 57.1 Å². The van der Waals surface area contributed by atoms with Gasteiger partial charge in [-0.2, -0.15) is 0 Å². The predicted molar refractivity (Wildman–Crippen MR) is 87.2 cm³/mol. The van der Waals surface area contributed by atoms with Crippen LogP contribution >= 0.6 is 11.6 Å². The van der Waals surface area contributed by atoms with E-state index in [-0.39, 0.29) is 0 Å². The molecule has 21 heavy (non-hydrogen) atoms. The van der Waals surface area contributed by atoms with Crippen LogP contribution in [0.15, 0.2) is 18.2 Å². The first-order valence-electron chi connectivity index (χ1n) is 7.84. The van der Waals surface area contributed by atoms with Crippen molar-refractivity contribution < 1.29 is 9.84 Å². The molecule has 1 aliphatic carbocycles. The number of nitrogens with one attached hydrogen (secondary N) is 1. The second-order valence-corrected chi connectivity index (χ2v) is 6.52. The van der Waals surface area contributed by atoms with Gasteiger partial charge in [0.1, 0.15) is 5.75 Å². The quantitative estimate of drug-likeness (QED) is 0.844. The van der Waals surface area contributed by atoms with Crippen molar-refractivity contribution in [1.82, 2.24) is 5.32 Å². The number of rotatable bonds is 6. The lowest BCUT2D eigenvalue weighted by Crippen LogP contribution is -2.42. The smallest absolute Gasteiger partial charge is 0.122 e. The average Bonchev–Trinajstić information content (AvgIpc) is 2.47. The fourth-order valence-corrected chi connectivity index (χ4v) is 3.32. The highest BCUT2D eigenvalue weighted by molar-refractivity contribution is 6.30. The zero-order chi connectivity index (χ0) is 15.3. The number of benzene rings is 1. The molecule has 1 aromatic rings. The molecular weight excluding hydrogens is 286 g/mol. The molecule has 0 saturated heterocycles. The van der Waals surface area contributed by atoms with Gasteiger partial charge in [-0.15, -0.1) is 0 Å². The van der Waals surface area contributed by atoms with Crippen molar-refractivity contribution in [2.24, 2.45) is 0 Å². The number of methoxy groups -OCH3 is 1. The molecule has 0 heterocycles. The fraction of sp³-hybridized carbons (Fsp3) is 0.647. The lowest BCUT2D eigenvalue weighted by molar-refractivity contribution is -0.00347. The third kappa shape index (κ3) is 4.60. The van der Waals surface area contributed by atoms with Gasteiger partial charge in [-0.05, 0) is 62.4 Å². The third-order valence-corrected chi connectivity index (χ3v) is 4.60. The van der Waals surface area contributed by atoms with Gasteiger partial charge in [-0.3, -0.25) is 0 Å². The van der Waals surface area contributed by atoms with Gasteiger partial charge < -0.3 is 15.2 Å². The number of ether oxygens (including phenoxy) is 1. The highest BCUT2D eigenvalue weighted by Crippen LogP contribution is 2.34. The number of aliphatic hydroxyl groups is 1. The minimum atomic E-state index is -0.637. The largest absolute Gasteiger partial charge is 0.496 e. The first-order valence-corrected chi connectivity index (χ1v) is 8.22. The van der Waals surface area contributed by atoms with Gasteiger partial charge in [-0.1, -0.05) is 18.5 Å². The Balaban J connectivity index is 1.98. The van der Waals surface area contributed by atoms with Crippen molar-refractivity contribution >= 4 is 11.6 Å². The molecule has 0 amide bonds.